The monoisotopic (exact) mass is 491 g/mol. The van der Waals surface area contributed by atoms with Crippen molar-refractivity contribution in [3.63, 3.8) is 0 Å². The lowest BCUT2D eigenvalue weighted by Gasteiger charge is -2.28. The van der Waals surface area contributed by atoms with E-state index < -0.39 is 10.0 Å². The average Bonchev–Trinajstić information content (AvgIpc) is 3.00. The molecule has 1 aromatic heterocycles. The zero-order chi connectivity index (χ0) is 24.4. The summed E-state index contributed by atoms with van der Waals surface area (Å²) >= 11 is 0. The zero-order valence-electron chi connectivity index (χ0n) is 19.6. The van der Waals surface area contributed by atoms with Crippen molar-refractivity contribution in [3.8, 4) is 11.3 Å². The van der Waals surface area contributed by atoms with Gasteiger partial charge in [0.15, 0.2) is 0 Å². The topological polar surface area (TPSA) is 113 Å². The fraction of sp³-hybridized carbons (Fsp3) is 0.346. The summed E-state index contributed by atoms with van der Waals surface area (Å²) in [6.45, 7) is 1.96. The zero-order valence-corrected chi connectivity index (χ0v) is 20.4. The van der Waals surface area contributed by atoms with Crippen LogP contribution in [0.4, 0.5) is 17.3 Å². The van der Waals surface area contributed by atoms with Crippen molar-refractivity contribution >= 4 is 33.3 Å². The highest BCUT2D eigenvalue weighted by atomic mass is 32.2. The Kier molecular flexibility index (Phi) is 6.53. The number of hydrogen-bond acceptors (Lipinski definition) is 6. The molecule has 0 bridgehead atoms. The predicted octanol–water partition coefficient (Wildman–Crippen LogP) is 4.63. The maximum absolute atomic E-state index is 12.9. The number of anilines is 3. The highest BCUT2D eigenvalue weighted by molar-refractivity contribution is 7.89. The van der Waals surface area contributed by atoms with Gasteiger partial charge in [-0.15, -0.1) is 0 Å². The Labute approximate surface area is 205 Å². The first kappa shape index (κ1) is 23.4. The van der Waals surface area contributed by atoms with Crippen molar-refractivity contribution in [2.24, 2.45) is 5.92 Å². The molecule has 2 heterocycles. The van der Waals surface area contributed by atoms with E-state index in [-0.39, 0.29) is 23.3 Å². The summed E-state index contributed by atoms with van der Waals surface area (Å²) in [6, 6.07) is 14.0. The summed E-state index contributed by atoms with van der Waals surface area (Å²) in [6.07, 6.45) is 7.56. The summed E-state index contributed by atoms with van der Waals surface area (Å²) in [4.78, 5) is 21.5. The largest absolute Gasteiger partial charge is 0.325 e. The van der Waals surface area contributed by atoms with Crippen LogP contribution in [0.2, 0.25) is 0 Å². The summed E-state index contributed by atoms with van der Waals surface area (Å²) in [7, 11) is -3.60. The second-order valence-electron chi connectivity index (χ2n) is 9.30. The van der Waals surface area contributed by atoms with Crippen molar-refractivity contribution in [1.82, 2.24) is 14.7 Å². The van der Waals surface area contributed by atoms with Crippen LogP contribution in [-0.2, 0) is 21.2 Å². The number of nitrogens with one attached hydrogen (secondary N) is 3. The van der Waals surface area contributed by atoms with Crippen LogP contribution in [-0.4, -0.2) is 30.3 Å². The summed E-state index contributed by atoms with van der Waals surface area (Å²) < 4.78 is 28.7. The quantitative estimate of drug-likeness (QED) is 0.463. The molecule has 0 unspecified atom stereocenters. The molecule has 182 valence electrons. The molecule has 5 rings (SSSR count). The fourth-order valence-electron chi connectivity index (χ4n) is 4.89. The second kappa shape index (κ2) is 9.75. The smallest absolute Gasteiger partial charge is 0.240 e. The molecule has 35 heavy (non-hydrogen) atoms. The van der Waals surface area contributed by atoms with E-state index in [1.165, 1.54) is 19.3 Å². The lowest BCUT2D eigenvalue weighted by Crippen LogP contribution is -2.38. The van der Waals surface area contributed by atoms with Crippen molar-refractivity contribution < 1.29 is 13.2 Å². The van der Waals surface area contributed by atoms with Gasteiger partial charge in [-0.2, -0.15) is 0 Å². The lowest BCUT2D eigenvalue weighted by atomic mass is 9.85. The molecule has 1 fully saturated rings. The Morgan fingerprint density at radius 3 is 2.54 bits per heavy atom. The molecule has 2 aromatic carbocycles. The van der Waals surface area contributed by atoms with Crippen LogP contribution < -0.4 is 15.4 Å². The summed E-state index contributed by atoms with van der Waals surface area (Å²) in [5.74, 6) is 0.650. The first-order valence-corrected chi connectivity index (χ1v) is 13.5. The molecule has 2 aliphatic rings. The number of sulfonamides is 1. The Hall–Kier alpha value is -3.30. The highest BCUT2D eigenvalue weighted by Gasteiger charge is 2.25. The number of rotatable bonds is 6. The van der Waals surface area contributed by atoms with Gasteiger partial charge in [-0.3, -0.25) is 4.79 Å². The van der Waals surface area contributed by atoms with E-state index in [4.69, 9.17) is 0 Å². The SMILES string of the molecule is C[C@@H](NS(=O)(=O)c1ccc(Nc2ncc3c(n2)-c2ccccc2NC(=O)C3)cc1)C1CCCCC1. The van der Waals surface area contributed by atoms with Crippen molar-refractivity contribution in [2.75, 3.05) is 10.6 Å². The molecule has 9 heteroatoms. The number of benzene rings is 2. The second-order valence-corrected chi connectivity index (χ2v) is 11.0. The molecule has 8 nitrogen and oxygen atoms in total. The molecule has 0 radical (unpaired) electrons. The number of para-hydroxylation sites is 1. The van der Waals surface area contributed by atoms with Gasteiger partial charge in [-0.05, 0) is 56.0 Å². The summed E-state index contributed by atoms with van der Waals surface area (Å²) in [5, 5.41) is 6.05. The van der Waals surface area contributed by atoms with Crippen molar-refractivity contribution in [2.45, 2.75) is 56.4 Å². The Morgan fingerprint density at radius 2 is 1.77 bits per heavy atom. The molecule has 3 aromatic rings. The van der Waals surface area contributed by atoms with Gasteiger partial charge in [0.05, 0.1) is 22.7 Å². The minimum atomic E-state index is -3.60. The molecule has 1 atom stereocenters. The number of nitrogens with zero attached hydrogens (tertiary/aromatic N) is 2. The first-order valence-electron chi connectivity index (χ1n) is 12.0. The molecule has 1 aliphatic heterocycles. The van der Waals surface area contributed by atoms with Crippen LogP contribution in [0, 0.1) is 5.92 Å². The van der Waals surface area contributed by atoms with Gasteiger partial charge in [0, 0.05) is 29.1 Å². The predicted molar refractivity (Wildman–Crippen MR) is 136 cm³/mol. The molecular formula is C26H29N5O3S. The normalized spacial score (nSPS) is 17.0. The van der Waals surface area contributed by atoms with Crippen LogP contribution in [0.1, 0.15) is 44.6 Å². The molecule has 0 saturated heterocycles. The van der Waals surface area contributed by atoms with E-state index >= 15 is 0 Å². The van der Waals surface area contributed by atoms with E-state index in [9.17, 15) is 13.2 Å². The molecule has 3 N–H and O–H groups in total. The molecule has 1 aliphatic carbocycles. The van der Waals surface area contributed by atoms with Crippen LogP contribution >= 0.6 is 0 Å². The number of fused-ring (bicyclic) bond motifs is 3. The van der Waals surface area contributed by atoms with E-state index in [1.807, 2.05) is 31.2 Å². The van der Waals surface area contributed by atoms with Gasteiger partial charge in [-0.25, -0.2) is 23.1 Å². The molecular weight excluding hydrogens is 462 g/mol. The number of carbonyl (C=O) groups excluding carboxylic acids is 1. The van der Waals surface area contributed by atoms with Crippen LogP contribution in [0.15, 0.2) is 59.6 Å². The van der Waals surface area contributed by atoms with Gasteiger partial charge < -0.3 is 10.6 Å². The van der Waals surface area contributed by atoms with Crippen molar-refractivity contribution in [1.29, 1.82) is 0 Å². The average molecular weight is 492 g/mol. The van der Waals surface area contributed by atoms with Crippen LogP contribution in [0.3, 0.4) is 0 Å². The standard InChI is InChI=1S/C26H29N5O3S/c1-17(18-7-3-2-4-8-18)31-35(33,34)21-13-11-20(12-14-21)28-26-27-16-19-15-24(32)29-23-10-6-5-9-22(23)25(19)30-26/h5-6,9-14,16-18,31H,2-4,7-8,15H2,1H3,(H,29,32)(H,27,28,30)/t17-/m1/s1. The van der Waals surface area contributed by atoms with Gasteiger partial charge in [-0.1, -0.05) is 37.5 Å². The molecule has 0 spiro atoms. The van der Waals surface area contributed by atoms with Gasteiger partial charge in [0.1, 0.15) is 0 Å². The van der Waals surface area contributed by atoms with Gasteiger partial charge in [0.2, 0.25) is 21.9 Å². The number of hydrogen-bond donors (Lipinski definition) is 3. The number of carbonyl (C=O) groups is 1. The fourth-order valence-corrected chi connectivity index (χ4v) is 6.20. The van der Waals surface area contributed by atoms with E-state index in [2.05, 4.69) is 25.3 Å². The Balaban J connectivity index is 1.32. The third kappa shape index (κ3) is 5.21. The van der Waals surface area contributed by atoms with E-state index in [1.54, 1.807) is 30.5 Å². The van der Waals surface area contributed by atoms with Crippen LogP contribution in [0.5, 0.6) is 0 Å². The maximum Gasteiger partial charge on any atom is 0.240 e. The summed E-state index contributed by atoms with van der Waals surface area (Å²) in [5.41, 5.74) is 3.65. The maximum atomic E-state index is 12.9. The molecule has 1 saturated carbocycles. The highest BCUT2D eigenvalue weighted by Crippen LogP contribution is 2.33. The Morgan fingerprint density at radius 1 is 1.03 bits per heavy atom. The van der Waals surface area contributed by atoms with Crippen LogP contribution in [0.25, 0.3) is 11.3 Å². The number of amides is 1. The minimum Gasteiger partial charge on any atom is -0.325 e. The Bertz CT molecular complexity index is 1340. The number of aromatic nitrogens is 2. The lowest BCUT2D eigenvalue weighted by molar-refractivity contribution is -0.115. The van der Waals surface area contributed by atoms with E-state index in [0.717, 1.165) is 24.0 Å². The van der Waals surface area contributed by atoms with E-state index in [0.29, 0.717) is 28.9 Å². The third-order valence-corrected chi connectivity index (χ3v) is 8.37. The van der Waals surface area contributed by atoms with Gasteiger partial charge >= 0.3 is 0 Å². The molecule has 1 amide bonds. The van der Waals surface area contributed by atoms with Crippen molar-refractivity contribution in [3.05, 3.63) is 60.3 Å². The van der Waals surface area contributed by atoms with Gasteiger partial charge in [0.25, 0.3) is 0 Å². The third-order valence-electron chi connectivity index (χ3n) is 6.79. The first-order chi connectivity index (χ1) is 16.9. The minimum absolute atomic E-state index is 0.0877.